The normalized spacial score (nSPS) is 11.9. The standard InChI is InChI=1S/C22H34N4O9S/c1-21(2,3)34-19(30)25(11-12-26(14-18(28)29)20(31)35-22(4,5)6)13-17(27)24-15-9-7-8-10-16(15)36(23,32)33/h7-10H,11-14H2,1-6H3,(H,24,27)(H,28,29)(H2,23,32,33). The summed E-state index contributed by atoms with van der Waals surface area (Å²) < 4.78 is 34.1. The van der Waals surface area contributed by atoms with E-state index in [1.54, 1.807) is 41.5 Å². The van der Waals surface area contributed by atoms with Crippen LogP contribution in [0.3, 0.4) is 0 Å². The van der Waals surface area contributed by atoms with Crippen LogP contribution in [0.2, 0.25) is 0 Å². The van der Waals surface area contributed by atoms with Crippen LogP contribution >= 0.6 is 0 Å². The van der Waals surface area contributed by atoms with Crippen molar-refractivity contribution in [3.05, 3.63) is 24.3 Å². The molecule has 0 radical (unpaired) electrons. The largest absolute Gasteiger partial charge is 0.480 e. The molecular formula is C22H34N4O9S. The molecule has 0 aliphatic carbocycles. The van der Waals surface area contributed by atoms with Crippen molar-refractivity contribution in [1.82, 2.24) is 9.80 Å². The average molecular weight is 531 g/mol. The molecule has 0 aliphatic rings. The van der Waals surface area contributed by atoms with Gasteiger partial charge in [0.1, 0.15) is 29.2 Å². The van der Waals surface area contributed by atoms with Gasteiger partial charge < -0.3 is 19.9 Å². The van der Waals surface area contributed by atoms with Crippen molar-refractivity contribution in [2.75, 3.05) is 31.5 Å². The molecule has 202 valence electrons. The van der Waals surface area contributed by atoms with Gasteiger partial charge in [0.05, 0.1) is 5.69 Å². The molecule has 0 spiro atoms. The Hall–Kier alpha value is -3.39. The quantitative estimate of drug-likeness (QED) is 0.428. The van der Waals surface area contributed by atoms with E-state index in [0.717, 1.165) is 9.80 Å². The molecule has 0 fully saturated rings. The zero-order valence-electron chi connectivity index (χ0n) is 21.2. The Morgan fingerprint density at radius 1 is 0.889 bits per heavy atom. The summed E-state index contributed by atoms with van der Waals surface area (Å²) in [5, 5.41) is 16.8. The lowest BCUT2D eigenvalue weighted by molar-refractivity contribution is -0.138. The number of rotatable bonds is 9. The number of primary sulfonamides is 1. The minimum atomic E-state index is -4.14. The van der Waals surface area contributed by atoms with Crippen LogP contribution in [-0.2, 0) is 29.1 Å². The van der Waals surface area contributed by atoms with Crippen LogP contribution in [0, 0.1) is 0 Å². The van der Waals surface area contributed by atoms with Gasteiger partial charge in [0.15, 0.2) is 0 Å². The fraction of sp³-hybridized carbons (Fsp3) is 0.545. The van der Waals surface area contributed by atoms with Gasteiger partial charge in [-0.25, -0.2) is 23.1 Å². The number of nitrogens with zero attached hydrogens (tertiary/aromatic N) is 2. The first-order chi connectivity index (χ1) is 16.3. The number of hydrogen-bond donors (Lipinski definition) is 3. The Bertz CT molecular complexity index is 1080. The summed E-state index contributed by atoms with van der Waals surface area (Å²) in [6, 6.07) is 5.45. The van der Waals surface area contributed by atoms with Crippen molar-refractivity contribution in [1.29, 1.82) is 0 Å². The van der Waals surface area contributed by atoms with Gasteiger partial charge in [-0.05, 0) is 53.7 Å². The second kappa shape index (κ2) is 12.0. The molecular weight excluding hydrogens is 496 g/mol. The predicted molar refractivity (Wildman–Crippen MR) is 130 cm³/mol. The molecule has 14 heteroatoms. The van der Waals surface area contributed by atoms with Crippen LogP contribution < -0.4 is 10.5 Å². The smallest absolute Gasteiger partial charge is 0.410 e. The zero-order valence-corrected chi connectivity index (χ0v) is 22.0. The van der Waals surface area contributed by atoms with E-state index < -0.39 is 58.4 Å². The highest BCUT2D eigenvalue weighted by atomic mass is 32.2. The molecule has 0 saturated heterocycles. The Morgan fingerprint density at radius 2 is 1.33 bits per heavy atom. The number of para-hydroxylation sites is 1. The number of nitrogens with two attached hydrogens (primary N) is 1. The van der Waals surface area contributed by atoms with Crippen LogP contribution in [0.4, 0.5) is 15.3 Å². The Morgan fingerprint density at radius 3 is 1.75 bits per heavy atom. The van der Waals surface area contributed by atoms with E-state index >= 15 is 0 Å². The van der Waals surface area contributed by atoms with E-state index in [4.69, 9.17) is 14.6 Å². The van der Waals surface area contributed by atoms with E-state index in [1.165, 1.54) is 24.3 Å². The second-order valence-electron chi connectivity index (χ2n) is 9.79. The van der Waals surface area contributed by atoms with Gasteiger partial charge in [-0.2, -0.15) is 0 Å². The van der Waals surface area contributed by atoms with Crippen molar-refractivity contribution >= 4 is 39.8 Å². The summed E-state index contributed by atoms with van der Waals surface area (Å²) in [7, 11) is -4.14. The molecule has 0 aromatic heterocycles. The highest BCUT2D eigenvalue weighted by molar-refractivity contribution is 7.89. The molecule has 0 saturated carbocycles. The lowest BCUT2D eigenvalue weighted by Crippen LogP contribution is -2.47. The number of anilines is 1. The number of amides is 3. The van der Waals surface area contributed by atoms with Gasteiger partial charge in [-0.1, -0.05) is 12.1 Å². The van der Waals surface area contributed by atoms with Crippen LogP contribution in [0.5, 0.6) is 0 Å². The molecule has 13 nitrogen and oxygen atoms in total. The fourth-order valence-electron chi connectivity index (χ4n) is 2.71. The fourth-order valence-corrected chi connectivity index (χ4v) is 3.40. The topological polar surface area (TPSA) is 186 Å². The molecule has 0 aliphatic heterocycles. The van der Waals surface area contributed by atoms with Gasteiger partial charge in [0, 0.05) is 13.1 Å². The summed E-state index contributed by atoms with van der Waals surface area (Å²) in [5.41, 5.74) is -1.90. The zero-order chi connectivity index (χ0) is 27.9. The minimum Gasteiger partial charge on any atom is -0.480 e. The number of sulfonamides is 1. The first-order valence-electron chi connectivity index (χ1n) is 10.9. The van der Waals surface area contributed by atoms with Crippen LogP contribution in [-0.4, -0.2) is 84.8 Å². The molecule has 0 atom stereocenters. The lowest BCUT2D eigenvalue weighted by atomic mass is 10.2. The molecule has 0 bridgehead atoms. The highest BCUT2D eigenvalue weighted by Crippen LogP contribution is 2.19. The number of aliphatic carboxylic acids is 1. The van der Waals surface area contributed by atoms with Gasteiger partial charge in [-0.3, -0.25) is 19.4 Å². The molecule has 1 rings (SSSR count). The van der Waals surface area contributed by atoms with Crippen LogP contribution in [0.25, 0.3) is 0 Å². The third-order valence-corrected chi connectivity index (χ3v) is 5.04. The van der Waals surface area contributed by atoms with E-state index in [1.807, 2.05) is 0 Å². The van der Waals surface area contributed by atoms with Crippen molar-refractivity contribution in [3.8, 4) is 0 Å². The summed E-state index contributed by atoms with van der Waals surface area (Å²) >= 11 is 0. The van der Waals surface area contributed by atoms with Gasteiger partial charge in [0.25, 0.3) is 0 Å². The van der Waals surface area contributed by atoms with Crippen LogP contribution in [0.15, 0.2) is 29.2 Å². The third-order valence-electron chi connectivity index (χ3n) is 4.07. The van der Waals surface area contributed by atoms with Crippen molar-refractivity contribution < 1.29 is 42.2 Å². The minimum absolute atomic E-state index is 0.0876. The van der Waals surface area contributed by atoms with Crippen molar-refractivity contribution in [2.24, 2.45) is 5.14 Å². The Labute approximate surface area is 210 Å². The number of hydrogen-bond acceptors (Lipinski definition) is 8. The maximum Gasteiger partial charge on any atom is 0.410 e. The summed E-state index contributed by atoms with van der Waals surface area (Å²) in [5.74, 6) is -2.08. The maximum atomic E-state index is 12.8. The van der Waals surface area contributed by atoms with Gasteiger partial charge in [-0.15, -0.1) is 0 Å². The second-order valence-corrected chi connectivity index (χ2v) is 11.3. The lowest BCUT2D eigenvalue weighted by Gasteiger charge is -2.30. The van der Waals surface area contributed by atoms with E-state index in [0.29, 0.717) is 0 Å². The molecule has 36 heavy (non-hydrogen) atoms. The van der Waals surface area contributed by atoms with Crippen molar-refractivity contribution in [2.45, 2.75) is 57.6 Å². The molecule has 4 N–H and O–H groups in total. The summed E-state index contributed by atoms with van der Waals surface area (Å²) in [6.45, 7) is 7.80. The number of benzene rings is 1. The SMILES string of the molecule is CC(C)(C)OC(=O)N(CCN(CC(=O)Nc1ccccc1S(N)(=O)=O)C(=O)OC(C)(C)C)CC(=O)O. The monoisotopic (exact) mass is 530 g/mol. The van der Waals surface area contributed by atoms with Gasteiger partial charge in [0.2, 0.25) is 15.9 Å². The van der Waals surface area contributed by atoms with E-state index in [-0.39, 0.29) is 23.7 Å². The van der Waals surface area contributed by atoms with E-state index in [2.05, 4.69) is 5.32 Å². The third kappa shape index (κ3) is 11.4. The first-order valence-corrected chi connectivity index (χ1v) is 12.4. The summed E-state index contributed by atoms with van der Waals surface area (Å²) in [6.07, 6.45) is -1.82. The number of carbonyl (C=O) groups excluding carboxylic acids is 3. The Kier molecular flexibility index (Phi) is 10.2. The molecule has 1 aromatic rings. The Balaban J connectivity index is 3.11. The average Bonchev–Trinajstić information content (AvgIpc) is 2.66. The predicted octanol–water partition coefficient (Wildman–Crippen LogP) is 1.83. The number of nitrogens with one attached hydrogen (secondary N) is 1. The maximum absolute atomic E-state index is 12.8. The van der Waals surface area contributed by atoms with Crippen molar-refractivity contribution in [3.63, 3.8) is 0 Å². The highest BCUT2D eigenvalue weighted by Gasteiger charge is 2.28. The van der Waals surface area contributed by atoms with Gasteiger partial charge >= 0.3 is 18.2 Å². The summed E-state index contributed by atoms with van der Waals surface area (Å²) in [4.78, 5) is 50.7. The first kappa shape index (κ1) is 30.6. The van der Waals surface area contributed by atoms with E-state index in [9.17, 15) is 32.7 Å². The van der Waals surface area contributed by atoms with Crippen LogP contribution in [0.1, 0.15) is 41.5 Å². The number of ether oxygens (including phenoxy) is 2. The molecule has 1 aromatic carbocycles. The molecule has 0 unspecified atom stereocenters. The molecule has 3 amide bonds. The number of carboxylic acids is 1. The molecule has 0 heterocycles. The number of carbonyl (C=O) groups is 4. The number of carboxylic acid groups (broad SMARTS) is 1.